The molecule has 0 bridgehead atoms. The number of dihydropyridines is 1. The maximum absolute atomic E-state index is 12.1. The predicted molar refractivity (Wildman–Crippen MR) is 129 cm³/mol. The van der Waals surface area contributed by atoms with E-state index in [-0.39, 0.29) is 17.9 Å². The molecule has 0 spiro atoms. The number of rotatable bonds is 2. The van der Waals surface area contributed by atoms with Crippen molar-refractivity contribution < 1.29 is 17.6 Å². The van der Waals surface area contributed by atoms with Gasteiger partial charge in [0.1, 0.15) is 0 Å². The van der Waals surface area contributed by atoms with E-state index < -0.39 is 11.7 Å². The second kappa shape index (κ2) is 15.2. The molecule has 0 aromatic carbocycles. The number of hydrogen-bond donors (Lipinski definition) is 1. The lowest BCUT2D eigenvalue weighted by Gasteiger charge is -2.10. The average molecular weight is 468 g/mol. The second-order valence-electron chi connectivity index (χ2n) is 7.82. The Morgan fingerprint density at radius 2 is 1.55 bits per heavy atom. The summed E-state index contributed by atoms with van der Waals surface area (Å²) in [6.45, 7) is 16.0. The van der Waals surface area contributed by atoms with Crippen molar-refractivity contribution in [2.45, 2.75) is 79.4 Å². The first-order valence-electron chi connectivity index (χ1n) is 11.2. The molecule has 184 valence electrons. The number of nitrogens with zero attached hydrogens (tertiary/aromatic N) is 2. The fraction of sp³-hybridized carbons (Fsp3) is 0.462. The monoisotopic (exact) mass is 467 g/mol. The van der Waals surface area contributed by atoms with Crippen LogP contribution in [0.2, 0.25) is 0 Å². The lowest BCUT2D eigenvalue weighted by molar-refractivity contribution is -0.137. The standard InChI is InChI=1S/C9H10F3N.C9H13N.C6H8FN.C2H6/c1-6(2)8-4-3-7(5-13-8)9(10,11)12;1-7(2)9-6-4-5-8(3)10-9;1-5-3-2-4-6(7)8-5;1-2/h3-6H,1-2H3;4-7H,1-3H3;2-5,8H,1H3;1-2H3. The summed E-state index contributed by atoms with van der Waals surface area (Å²) < 4.78 is 48.4. The van der Waals surface area contributed by atoms with Crippen molar-refractivity contribution in [1.82, 2.24) is 15.3 Å². The molecule has 1 atom stereocenters. The minimum absolute atomic E-state index is 0.139. The number of alkyl halides is 3. The van der Waals surface area contributed by atoms with Crippen LogP contribution in [0.25, 0.3) is 0 Å². The van der Waals surface area contributed by atoms with Gasteiger partial charge in [0.05, 0.1) is 5.56 Å². The number of pyridine rings is 2. The summed E-state index contributed by atoms with van der Waals surface area (Å²) >= 11 is 0. The minimum atomic E-state index is -4.29. The molecular formula is C26H37F4N3. The highest BCUT2D eigenvalue weighted by atomic mass is 19.4. The van der Waals surface area contributed by atoms with Gasteiger partial charge in [0, 0.05) is 29.3 Å². The Balaban J connectivity index is 0.000000460. The minimum Gasteiger partial charge on any atom is -0.356 e. The Kier molecular flexibility index (Phi) is 14.0. The molecule has 2 aromatic heterocycles. The number of nitrogens with one attached hydrogen (secondary N) is 1. The molecule has 2 aromatic rings. The third-order valence-electron chi connectivity index (χ3n) is 4.21. The first kappa shape index (κ1) is 30.3. The molecule has 0 radical (unpaired) electrons. The van der Waals surface area contributed by atoms with E-state index in [1.165, 1.54) is 17.8 Å². The molecular weight excluding hydrogens is 430 g/mol. The van der Waals surface area contributed by atoms with Gasteiger partial charge in [-0.1, -0.05) is 59.8 Å². The molecule has 0 aliphatic carbocycles. The maximum atomic E-state index is 12.1. The number of allylic oxidation sites excluding steroid dienone is 2. The quantitative estimate of drug-likeness (QED) is 0.358. The molecule has 0 amide bonds. The van der Waals surface area contributed by atoms with Gasteiger partial charge in [-0.05, 0) is 56.0 Å². The predicted octanol–water partition coefficient (Wildman–Crippen LogP) is 8.11. The summed E-state index contributed by atoms with van der Waals surface area (Å²) in [5.41, 5.74) is 2.26. The molecule has 3 heterocycles. The molecule has 0 saturated heterocycles. The van der Waals surface area contributed by atoms with E-state index in [1.54, 1.807) is 6.08 Å². The van der Waals surface area contributed by atoms with Gasteiger partial charge >= 0.3 is 6.18 Å². The van der Waals surface area contributed by atoms with Crippen molar-refractivity contribution in [3.8, 4) is 0 Å². The van der Waals surface area contributed by atoms with Crippen LogP contribution in [0, 0.1) is 6.92 Å². The Morgan fingerprint density at radius 1 is 0.939 bits per heavy atom. The van der Waals surface area contributed by atoms with E-state index >= 15 is 0 Å². The van der Waals surface area contributed by atoms with Crippen molar-refractivity contribution in [2.75, 3.05) is 0 Å². The molecule has 33 heavy (non-hydrogen) atoms. The van der Waals surface area contributed by atoms with E-state index in [4.69, 9.17) is 0 Å². The van der Waals surface area contributed by atoms with Crippen molar-refractivity contribution in [3.63, 3.8) is 0 Å². The largest absolute Gasteiger partial charge is 0.417 e. The van der Waals surface area contributed by atoms with Gasteiger partial charge in [-0.15, -0.1) is 0 Å². The van der Waals surface area contributed by atoms with Crippen LogP contribution < -0.4 is 5.32 Å². The lowest BCUT2D eigenvalue weighted by atomic mass is 10.1. The van der Waals surface area contributed by atoms with Crippen LogP contribution in [0.4, 0.5) is 17.6 Å². The average Bonchev–Trinajstić information content (AvgIpc) is 2.75. The van der Waals surface area contributed by atoms with Gasteiger partial charge in [-0.3, -0.25) is 9.97 Å². The zero-order chi connectivity index (χ0) is 25.6. The third-order valence-corrected chi connectivity index (χ3v) is 4.21. The number of aryl methyl sites for hydroxylation is 1. The Morgan fingerprint density at radius 3 is 1.88 bits per heavy atom. The third kappa shape index (κ3) is 12.8. The second-order valence-corrected chi connectivity index (χ2v) is 7.82. The van der Waals surface area contributed by atoms with E-state index in [0.717, 1.165) is 18.0 Å². The molecule has 3 rings (SSSR count). The molecule has 0 saturated carbocycles. The molecule has 1 aliphatic rings. The SMILES string of the molecule is CC.CC(C)c1ccc(C(F)(F)F)cn1.CC1C=CC=C(F)N1.Cc1cccc(C(C)C)n1. The lowest BCUT2D eigenvalue weighted by Crippen LogP contribution is -2.22. The van der Waals surface area contributed by atoms with Gasteiger partial charge in [0.2, 0.25) is 0 Å². The molecule has 3 nitrogen and oxygen atoms in total. The van der Waals surface area contributed by atoms with Gasteiger partial charge in [-0.2, -0.15) is 17.6 Å². The summed E-state index contributed by atoms with van der Waals surface area (Å²) in [5, 5.41) is 2.59. The molecule has 7 heteroatoms. The molecule has 1 unspecified atom stereocenters. The van der Waals surface area contributed by atoms with Gasteiger partial charge < -0.3 is 5.32 Å². The van der Waals surface area contributed by atoms with Crippen molar-refractivity contribution in [1.29, 1.82) is 0 Å². The Hall–Kier alpha value is -2.70. The van der Waals surface area contributed by atoms with Crippen LogP contribution >= 0.6 is 0 Å². The van der Waals surface area contributed by atoms with Crippen LogP contribution in [0.3, 0.4) is 0 Å². The van der Waals surface area contributed by atoms with Gasteiger partial charge in [-0.25, -0.2) is 0 Å². The van der Waals surface area contributed by atoms with Crippen molar-refractivity contribution in [3.05, 3.63) is 83.4 Å². The van der Waals surface area contributed by atoms with Crippen LogP contribution in [0.5, 0.6) is 0 Å². The fourth-order valence-corrected chi connectivity index (χ4v) is 2.42. The van der Waals surface area contributed by atoms with E-state index in [1.807, 2.05) is 53.7 Å². The first-order valence-corrected chi connectivity index (χ1v) is 11.2. The molecule has 1 N–H and O–H groups in total. The Bertz CT molecular complexity index is 855. The highest BCUT2D eigenvalue weighted by Gasteiger charge is 2.30. The number of hydrogen-bond acceptors (Lipinski definition) is 3. The van der Waals surface area contributed by atoms with E-state index in [2.05, 4.69) is 41.3 Å². The highest BCUT2D eigenvalue weighted by Crippen LogP contribution is 2.28. The Labute approximate surface area is 196 Å². The summed E-state index contributed by atoms with van der Waals surface area (Å²) in [5.74, 6) is 0.446. The summed E-state index contributed by atoms with van der Waals surface area (Å²) in [6.07, 6.45) is 1.58. The first-order chi connectivity index (χ1) is 15.4. The van der Waals surface area contributed by atoms with Crippen LogP contribution in [-0.4, -0.2) is 16.0 Å². The van der Waals surface area contributed by atoms with E-state index in [9.17, 15) is 17.6 Å². The smallest absolute Gasteiger partial charge is 0.356 e. The maximum Gasteiger partial charge on any atom is 0.417 e. The van der Waals surface area contributed by atoms with Crippen molar-refractivity contribution >= 4 is 0 Å². The number of aromatic nitrogens is 2. The normalized spacial score (nSPS) is 14.6. The molecule has 1 aliphatic heterocycles. The zero-order valence-electron chi connectivity index (χ0n) is 20.8. The zero-order valence-corrected chi connectivity index (χ0v) is 20.8. The van der Waals surface area contributed by atoms with Crippen LogP contribution in [0.1, 0.15) is 82.9 Å². The van der Waals surface area contributed by atoms with Gasteiger partial charge in [0.25, 0.3) is 0 Å². The summed E-state index contributed by atoms with van der Waals surface area (Å²) in [6, 6.07) is 8.75. The van der Waals surface area contributed by atoms with E-state index in [0.29, 0.717) is 11.6 Å². The fourth-order valence-electron chi connectivity index (χ4n) is 2.42. The van der Waals surface area contributed by atoms with Crippen molar-refractivity contribution in [2.24, 2.45) is 0 Å². The topological polar surface area (TPSA) is 37.8 Å². The highest BCUT2D eigenvalue weighted by molar-refractivity contribution is 5.18. The van der Waals surface area contributed by atoms with Crippen LogP contribution in [0.15, 0.2) is 60.7 Å². The summed E-state index contributed by atoms with van der Waals surface area (Å²) in [4.78, 5) is 8.10. The summed E-state index contributed by atoms with van der Waals surface area (Å²) in [7, 11) is 0. The number of halogens is 4. The molecule has 0 fully saturated rings. The van der Waals surface area contributed by atoms with Gasteiger partial charge in [0.15, 0.2) is 5.95 Å². The van der Waals surface area contributed by atoms with Crippen LogP contribution in [-0.2, 0) is 6.18 Å².